The third-order valence-electron chi connectivity index (χ3n) is 3.31. The average molecular weight is 271 g/mol. The lowest BCUT2D eigenvalue weighted by molar-refractivity contribution is 0.0597. The van der Waals surface area contributed by atoms with Crippen molar-refractivity contribution < 1.29 is 13.5 Å². The zero-order valence-corrected chi connectivity index (χ0v) is 12.1. The maximum atomic E-state index is 14.1. The second kappa shape index (κ2) is 7.56. The van der Waals surface area contributed by atoms with Gasteiger partial charge in [0.2, 0.25) is 0 Å². The van der Waals surface area contributed by atoms with E-state index in [1.54, 1.807) is 26.2 Å². The molecule has 0 aliphatic rings. The molecule has 2 atom stereocenters. The van der Waals surface area contributed by atoms with Crippen molar-refractivity contribution in [2.24, 2.45) is 0 Å². The van der Waals surface area contributed by atoms with Gasteiger partial charge in [0.25, 0.3) is 0 Å². The Morgan fingerprint density at radius 2 is 1.89 bits per heavy atom. The molecule has 0 saturated carbocycles. The minimum Gasteiger partial charge on any atom is -0.379 e. The highest BCUT2D eigenvalue weighted by Gasteiger charge is 2.26. The van der Waals surface area contributed by atoms with E-state index in [0.29, 0.717) is 17.7 Å². The van der Waals surface area contributed by atoms with Crippen molar-refractivity contribution in [1.82, 2.24) is 5.32 Å². The number of ether oxygens (including phenoxy) is 1. The molecule has 4 heteroatoms. The Bertz CT molecular complexity index is 409. The summed E-state index contributed by atoms with van der Waals surface area (Å²) >= 11 is 0. The molecule has 1 aromatic rings. The molecule has 0 heterocycles. The smallest absolute Gasteiger partial charge is 0.163 e. The minimum atomic E-state index is -0.774. The van der Waals surface area contributed by atoms with Crippen molar-refractivity contribution in [2.75, 3.05) is 13.7 Å². The normalized spacial score (nSPS) is 14.4. The summed E-state index contributed by atoms with van der Waals surface area (Å²) in [7, 11) is 1.60. The van der Waals surface area contributed by atoms with Crippen LogP contribution in [0.25, 0.3) is 0 Å². The summed E-state index contributed by atoms with van der Waals surface area (Å²) in [6.07, 6.45) is 1.56. The number of rotatable bonds is 7. The van der Waals surface area contributed by atoms with Crippen molar-refractivity contribution in [3.05, 3.63) is 34.9 Å². The van der Waals surface area contributed by atoms with Gasteiger partial charge in [-0.2, -0.15) is 0 Å². The lowest BCUT2D eigenvalue weighted by Crippen LogP contribution is -2.34. The zero-order valence-electron chi connectivity index (χ0n) is 12.1. The summed E-state index contributed by atoms with van der Waals surface area (Å²) in [5.41, 5.74) is 0.659. The van der Waals surface area contributed by atoms with E-state index < -0.39 is 11.6 Å². The second-order valence-corrected chi connectivity index (χ2v) is 4.70. The summed E-state index contributed by atoms with van der Waals surface area (Å²) < 4.78 is 33.2. The predicted molar refractivity (Wildman–Crippen MR) is 73.2 cm³/mol. The average Bonchev–Trinajstić information content (AvgIpc) is 2.41. The van der Waals surface area contributed by atoms with Crippen LogP contribution in [0, 0.1) is 18.6 Å². The van der Waals surface area contributed by atoms with E-state index in [0.717, 1.165) is 12.8 Å². The van der Waals surface area contributed by atoms with Gasteiger partial charge >= 0.3 is 0 Å². The number of methoxy groups -OCH3 is 1. The molecule has 108 valence electrons. The molecule has 2 nitrogen and oxygen atoms in total. The highest BCUT2D eigenvalue weighted by Crippen LogP contribution is 2.27. The fraction of sp³-hybridized carbons (Fsp3) is 0.600. The van der Waals surface area contributed by atoms with E-state index in [9.17, 15) is 8.78 Å². The van der Waals surface area contributed by atoms with Crippen LogP contribution in [-0.2, 0) is 4.74 Å². The SMILES string of the molecule is CCCC(OC)C(NCC)c1ccc(C)c(F)c1F. The second-order valence-electron chi connectivity index (χ2n) is 4.70. The Kier molecular flexibility index (Phi) is 6.38. The summed E-state index contributed by atoms with van der Waals surface area (Å²) in [5.74, 6) is -1.55. The van der Waals surface area contributed by atoms with Gasteiger partial charge in [0.15, 0.2) is 11.6 Å². The summed E-state index contributed by atoms with van der Waals surface area (Å²) in [5, 5.41) is 3.19. The number of hydrogen-bond acceptors (Lipinski definition) is 2. The largest absolute Gasteiger partial charge is 0.379 e. The van der Waals surface area contributed by atoms with E-state index >= 15 is 0 Å². The molecule has 2 unspecified atom stereocenters. The lowest BCUT2D eigenvalue weighted by atomic mass is 9.96. The minimum absolute atomic E-state index is 0.165. The maximum Gasteiger partial charge on any atom is 0.163 e. The number of likely N-dealkylation sites (N-methyl/N-ethyl adjacent to an activating group) is 1. The molecule has 1 aromatic carbocycles. The van der Waals surface area contributed by atoms with Crippen molar-refractivity contribution in [3.63, 3.8) is 0 Å². The van der Waals surface area contributed by atoms with E-state index in [2.05, 4.69) is 5.32 Å². The molecule has 1 rings (SSSR count). The van der Waals surface area contributed by atoms with Crippen molar-refractivity contribution in [1.29, 1.82) is 0 Å². The molecule has 0 aliphatic heterocycles. The van der Waals surface area contributed by atoms with Crippen molar-refractivity contribution in [2.45, 2.75) is 45.8 Å². The van der Waals surface area contributed by atoms with Gasteiger partial charge in [-0.3, -0.25) is 0 Å². The molecule has 0 fully saturated rings. The number of aryl methyl sites for hydroxylation is 1. The van der Waals surface area contributed by atoms with E-state index in [1.807, 2.05) is 13.8 Å². The van der Waals surface area contributed by atoms with Crippen LogP contribution in [0.1, 0.15) is 43.9 Å². The molecule has 0 radical (unpaired) electrons. The Morgan fingerprint density at radius 3 is 2.42 bits per heavy atom. The van der Waals surface area contributed by atoms with Crippen LogP contribution >= 0.6 is 0 Å². The van der Waals surface area contributed by atoms with E-state index in [-0.39, 0.29) is 12.1 Å². The van der Waals surface area contributed by atoms with Crippen LogP contribution in [0.15, 0.2) is 12.1 Å². The first-order valence-corrected chi connectivity index (χ1v) is 6.77. The molecule has 0 amide bonds. The number of hydrogen-bond donors (Lipinski definition) is 1. The topological polar surface area (TPSA) is 21.3 Å². The van der Waals surface area contributed by atoms with Gasteiger partial charge in [-0.1, -0.05) is 32.4 Å². The highest BCUT2D eigenvalue weighted by molar-refractivity contribution is 5.28. The maximum absolute atomic E-state index is 14.1. The number of halogens is 2. The standard InChI is InChI=1S/C15H23F2NO/c1-5-7-12(19-4)15(18-6-2)11-9-8-10(3)13(16)14(11)17/h8-9,12,15,18H,5-7H2,1-4H3. The first-order valence-electron chi connectivity index (χ1n) is 6.77. The first-order chi connectivity index (χ1) is 9.06. The Hall–Kier alpha value is -1.00. The van der Waals surface area contributed by atoms with Gasteiger partial charge in [-0.05, 0) is 25.5 Å². The molecule has 0 aliphatic carbocycles. The predicted octanol–water partition coefficient (Wildman–Crippen LogP) is 3.74. The monoisotopic (exact) mass is 271 g/mol. The van der Waals surface area contributed by atoms with Crippen molar-refractivity contribution in [3.8, 4) is 0 Å². The van der Waals surface area contributed by atoms with E-state index in [4.69, 9.17) is 4.74 Å². The fourth-order valence-corrected chi connectivity index (χ4v) is 2.27. The highest BCUT2D eigenvalue weighted by atomic mass is 19.2. The quantitative estimate of drug-likeness (QED) is 0.815. The Labute approximate surface area is 114 Å². The molecule has 19 heavy (non-hydrogen) atoms. The summed E-state index contributed by atoms with van der Waals surface area (Å²) in [4.78, 5) is 0. The molecule has 0 aromatic heterocycles. The summed E-state index contributed by atoms with van der Waals surface area (Å²) in [6.45, 7) is 6.21. The lowest BCUT2D eigenvalue weighted by Gasteiger charge is -2.27. The van der Waals surface area contributed by atoms with Crippen molar-refractivity contribution >= 4 is 0 Å². The van der Waals surface area contributed by atoms with Crippen LogP contribution in [0.4, 0.5) is 8.78 Å². The van der Waals surface area contributed by atoms with Crippen LogP contribution in [0.3, 0.4) is 0 Å². The van der Waals surface area contributed by atoms with Gasteiger partial charge in [0.05, 0.1) is 12.1 Å². The Balaban J connectivity index is 3.14. The molecule has 0 saturated heterocycles. The van der Waals surface area contributed by atoms with E-state index in [1.165, 1.54) is 0 Å². The first kappa shape index (κ1) is 16.1. The van der Waals surface area contributed by atoms with Crippen LogP contribution in [-0.4, -0.2) is 19.8 Å². The molecule has 0 bridgehead atoms. The van der Waals surface area contributed by atoms with Gasteiger partial charge in [0.1, 0.15) is 0 Å². The van der Waals surface area contributed by atoms with Crippen LogP contribution in [0.5, 0.6) is 0 Å². The van der Waals surface area contributed by atoms with Gasteiger partial charge in [-0.15, -0.1) is 0 Å². The molecular formula is C15H23F2NO. The number of nitrogens with one attached hydrogen (secondary N) is 1. The molecule has 1 N–H and O–H groups in total. The third kappa shape index (κ3) is 3.74. The molecular weight excluding hydrogens is 248 g/mol. The fourth-order valence-electron chi connectivity index (χ4n) is 2.27. The Morgan fingerprint density at radius 1 is 1.21 bits per heavy atom. The number of benzene rings is 1. The van der Waals surface area contributed by atoms with Crippen LogP contribution < -0.4 is 5.32 Å². The van der Waals surface area contributed by atoms with Gasteiger partial charge in [0, 0.05) is 12.7 Å². The van der Waals surface area contributed by atoms with Gasteiger partial charge < -0.3 is 10.1 Å². The zero-order chi connectivity index (χ0) is 14.4. The third-order valence-corrected chi connectivity index (χ3v) is 3.31. The summed E-state index contributed by atoms with van der Waals surface area (Å²) in [6, 6.07) is 2.92. The van der Waals surface area contributed by atoms with Gasteiger partial charge in [-0.25, -0.2) is 8.78 Å². The molecule has 0 spiro atoms. The van der Waals surface area contributed by atoms with Crippen LogP contribution in [0.2, 0.25) is 0 Å².